The number of rotatable bonds is 4. The third-order valence-corrected chi connectivity index (χ3v) is 3.15. The lowest BCUT2D eigenvalue weighted by molar-refractivity contribution is 0.122. The van der Waals surface area contributed by atoms with Crippen molar-refractivity contribution in [1.29, 1.82) is 0 Å². The van der Waals surface area contributed by atoms with Crippen molar-refractivity contribution in [2.45, 2.75) is 13.8 Å². The molecule has 0 bridgehead atoms. The highest BCUT2D eigenvalue weighted by atomic mass is 16.5. The molecule has 5 heteroatoms. The second kappa shape index (κ2) is 7.14. The number of carbonyl (C=O) groups excluding carboxylic acids is 1. The van der Waals surface area contributed by atoms with Gasteiger partial charge in [0.1, 0.15) is 0 Å². The lowest BCUT2D eigenvalue weighted by Crippen LogP contribution is -2.36. The van der Waals surface area contributed by atoms with E-state index in [1.54, 1.807) is 0 Å². The Bertz CT molecular complexity index is 442. The summed E-state index contributed by atoms with van der Waals surface area (Å²) in [5, 5.41) is 5.71. The molecule has 1 saturated heterocycles. The molecular weight excluding hydrogens is 254 g/mol. The van der Waals surface area contributed by atoms with E-state index in [-0.39, 0.29) is 6.03 Å². The summed E-state index contributed by atoms with van der Waals surface area (Å²) in [4.78, 5) is 14.0. The summed E-state index contributed by atoms with van der Waals surface area (Å²) in [7, 11) is 0. The number of ether oxygens (including phenoxy) is 1. The Balaban J connectivity index is 1.93. The molecule has 2 rings (SSSR count). The van der Waals surface area contributed by atoms with Crippen LogP contribution in [0.1, 0.15) is 13.8 Å². The zero-order valence-electron chi connectivity index (χ0n) is 12.2. The number of amides is 2. The fourth-order valence-corrected chi connectivity index (χ4v) is 2.07. The Kier molecular flexibility index (Phi) is 5.24. The van der Waals surface area contributed by atoms with E-state index in [2.05, 4.69) is 35.4 Å². The van der Waals surface area contributed by atoms with Gasteiger partial charge in [0.25, 0.3) is 0 Å². The number of benzene rings is 1. The fourth-order valence-electron chi connectivity index (χ4n) is 2.07. The van der Waals surface area contributed by atoms with Crippen LogP contribution in [0.2, 0.25) is 0 Å². The second-order valence-corrected chi connectivity index (χ2v) is 5.38. The van der Waals surface area contributed by atoms with Crippen LogP contribution in [0.15, 0.2) is 24.3 Å². The highest BCUT2D eigenvalue weighted by Crippen LogP contribution is 2.20. The average molecular weight is 277 g/mol. The molecule has 1 aromatic carbocycles. The minimum absolute atomic E-state index is 0.155. The molecule has 0 atom stereocenters. The van der Waals surface area contributed by atoms with Crippen molar-refractivity contribution in [2.24, 2.45) is 5.92 Å². The first-order chi connectivity index (χ1) is 9.65. The molecule has 0 aliphatic carbocycles. The van der Waals surface area contributed by atoms with E-state index in [0.717, 1.165) is 37.7 Å². The third kappa shape index (κ3) is 4.42. The number of carbonyl (C=O) groups is 1. The highest BCUT2D eigenvalue weighted by molar-refractivity contribution is 5.89. The smallest absolute Gasteiger partial charge is 0.319 e. The summed E-state index contributed by atoms with van der Waals surface area (Å²) in [6, 6.07) is 7.77. The van der Waals surface area contributed by atoms with Gasteiger partial charge < -0.3 is 20.3 Å². The first-order valence-corrected chi connectivity index (χ1v) is 7.13. The predicted molar refractivity (Wildman–Crippen MR) is 81.3 cm³/mol. The van der Waals surface area contributed by atoms with E-state index in [1.165, 1.54) is 0 Å². The maximum absolute atomic E-state index is 11.7. The Hall–Kier alpha value is -1.75. The van der Waals surface area contributed by atoms with Crippen LogP contribution in [-0.2, 0) is 4.74 Å². The Morgan fingerprint density at radius 1 is 1.35 bits per heavy atom. The molecule has 0 saturated carbocycles. The molecule has 1 fully saturated rings. The molecule has 20 heavy (non-hydrogen) atoms. The predicted octanol–water partition coefficient (Wildman–Crippen LogP) is 2.30. The van der Waals surface area contributed by atoms with Crippen molar-refractivity contribution >= 4 is 17.4 Å². The van der Waals surface area contributed by atoms with Crippen LogP contribution in [0.5, 0.6) is 0 Å². The first kappa shape index (κ1) is 14.7. The van der Waals surface area contributed by atoms with Gasteiger partial charge in [-0.25, -0.2) is 4.79 Å². The molecule has 5 nitrogen and oxygen atoms in total. The summed E-state index contributed by atoms with van der Waals surface area (Å²) < 4.78 is 5.35. The van der Waals surface area contributed by atoms with Crippen molar-refractivity contribution in [3.05, 3.63) is 24.3 Å². The average Bonchev–Trinajstić information content (AvgIpc) is 2.46. The molecule has 0 radical (unpaired) electrons. The topological polar surface area (TPSA) is 53.6 Å². The maximum atomic E-state index is 11.7. The lowest BCUT2D eigenvalue weighted by atomic mass is 10.2. The summed E-state index contributed by atoms with van der Waals surface area (Å²) in [5.74, 6) is 0.445. The summed E-state index contributed by atoms with van der Waals surface area (Å²) in [5.41, 5.74) is 1.94. The Morgan fingerprint density at radius 3 is 2.80 bits per heavy atom. The zero-order chi connectivity index (χ0) is 14.4. The molecule has 1 aliphatic rings. The van der Waals surface area contributed by atoms with Crippen LogP contribution in [0, 0.1) is 5.92 Å². The van der Waals surface area contributed by atoms with Crippen molar-refractivity contribution in [3.8, 4) is 0 Å². The standard InChI is InChI=1S/C15H23N3O2/c1-12(2)11-16-15(19)17-13-4-3-5-14(10-13)18-6-8-20-9-7-18/h3-5,10,12H,6-9,11H2,1-2H3,(H2,16,17,19). The SMILES string of the molecule is CC(C)CNC(=O)Nc1cccc(N2CCOCC2)c1. The molecule has 0 spiro atoms. The number of nitrogens with zero attached hydrogens (tertiary/aromatic N) is 1. The molecule has 2 amide bonds. The second-order valence-electron chi connectivity index (χ2n) is 5.38. The molecule has 0 aromatic heterocycles. The van der Waals surface area contributed by atoms with E-state index in [0.29, 0.717) is 12.5 Å². The largest absolute Gasteiger partial charge is 0.378 e. The highest BCUT2D eigenvalue weighted by Gasteiger charge is 2.11. The van der Waals surface area contributed by atoms with Gasteiger partial charge in [-0.3, -0.25) is 0 Å². The van der Waals surface area contributed by atoms with E-state index in [1.807, 2.05) is 18.2 Å². The van der Waals surface area contributed by atoms with Gasteiger partial charge in [-0.05, 0) is 24.1 Å². The van der Waals surface area contributed by atoms with Gasteiger partial charge in [-0.1, -0.05) is 19.9 Å². The van der Waals surface area contributed by atoms with Crippen LogP contribution in [0.3, 0.4) is 0 Å². The van der Waals surface area contributed by atoms with E-state index < -0.39 is 0 Å². The number of anilines is 2. The number of urea groups is 1. The van der Waals surface area contributed by atoms with Crippen molar-refractivity contribution in [2.75, 3.05) is 43.1 Å². The Labute approximate surface area is 120 Å². The maximum Gasteiger partial charge on any atom is 0.319 e. The molecule has 1 aliphatic heterocycles. The summed E-state index contributed by atoms with van der Waals surface area (Å²) in [6.45, 7) is 8.11. The van der Waals surface area contributed by atoms with Crippen LogP contribution in [0.25, 0.3) is 0 Å². The minimum Gasteiger partial charge on any atom is -0.378 e. The molecule has 2 N–H and O–H groups in total. The van der Waals surface area contributed by atoms with Crippen molar-refractivity contribution in [3.63, 3.8) is 0 Å². The summed E-state index contributed by atoms with van der Waals surface area (Å²) >= 11 is 0. The Morgan fingerprint density at radius 2 is 2.10 bits per heavy atom. The molecule has 1 heterocycles. The van der Waals surface area contributed by atoms with Gasteiger partial charge in [-0.2, -0.15) is 0 Å². The quantitative estimate of drug-likeness (QED) is 0.888. The van der Waals surface area contributed by atoms with Crippen LogP contribution in [-0.4, -0.2) is 38.9 Å². The van der Waals surface area contributed by atoms with Gasteiger partial charge >= 0.3 is 6.03 Å². The minimum atomic E-state index is -0.155. The van der Waals surface area contributed by atoms with Crippen LogP contribution < -0.4 is 15.5 Å². The molecule has 1 aromatic rings. The van der Waals surface area contributed by atoms with Gasteiger partial charge in [0, 0.05) is 31.0 Å². The van der Waals surface area contributed by atoms with Gasteiger partial charge in [-0.15, -0.1) is 0 Å². The number of nitrogens with one attached hydrogen (secondary N) is 2. The normalized spacial score (nSPS) is 15.2. The monoisotopic (exact) mass is 277 g/mol. The number of morpholine rings is 1. The van der Waals surface area contributed by atoms with Crippen molar-refractivity contribution in [1.82, 2.24) is 5.32 Å². The fraction of sp³-hybridized carbons (Fsp3) is 0.533. The first-order valence-electron chi connectivity index (χ1n) is 7.13. The van der Waals surface area contributed by atoms with E-state index in [9.17, 15) is 4.79 Å². The van der Waals surface area contributed by atoms with Gasteiger partial charge in [0.15, 0.2) is 0 Å². The van der Waals surface area contributed by atoms with Gasteiger partial charge in [0.2, 0.25) is 0 Å². The molecular formula is C15H23N3O2. The molecule has 110 valence electrons. The third-order valence-electron chi connectivity index (χ3n) is 3.15. The van der Waals surface area contributed by atoms with E-state index in [4.69, 9.17) is 4.74 Å². The molecule has 0 unspecified atom stereocenters. The zero-order valence-corrected chi connectivity index (χ0v) is 12.2. The number of hydrogen-bond acceptors (Lipinski definition) is 3. The summed E-state index contributed by atoms with van der Waals surface area (Å²) in [6.07, 6.45) is 0. The number of hydrogen-bond donors (Lipinski definition) is 2. The van der Waals surface area contributed by atoms with Crippen LogP contribution in [0.4, 0.5) is 16.2 Å². The van der Waals surface area contributed by atoms with Gasteiger partial charge in [0.05, 0.1) is 13.2 Å². The van der Waals surface area contributed by atoms with E-state index >= 15 is 0 Å². The van der Waals surface area contributed by atoms with Crippen LogP contribution >= 0.6 is 0 Å². The van der Waals surface area contributed by atoms with Crippen molar-refractivity contribution < 1.29 is 9.53 Å². The lowest BCUT2D eigenvalue weighted by Gasteiger charge is -2.29.